The van der Waals surface area contributed by atoms with Crippen LogP contribution in [0.4, 0.5) is 5.69 Å². The Bertz CT molecular complexity index is 1010. The average molecular weight is 408 g/mol. The van der Waals surface area contributed by atoms with E-state index >= 15 is 0 Å². The molecular formula is C23H29N5O2. The lowest BCUT2D eigenvalue weighted by atomic mass is 9.96. The Morgan fingerprint density at radius 2 is 2.13 bits per heavy atom. The minimum Gasteiger partial charge on any atom is -0.497 e. The Labute approximate surface area is 176 Å². The van der Waals surface area contributed by atoms with Crippen LogP contribution in [0.5, 0.6) is 5.75 Å². The van der Waals surface area contributed by atoms with Gasteiger partial charge in [-0.1, -0.05) is 12.1 Å². The number of pyridine rings is 1. The summed E-state index contributed by atoms with van der Waals surface area (Å²) in [6.07, 6.45) is 5.76. The molecule has 0 unspecified atom stereocenters. The van der Waals surface area contributed by atoms with Gasteiger partial charge in [-0.05, 0) is 55.6 Å². The van der Waals surface area contributed by atoms with Crippen LogP contribution in [0.1, 0.15) is 28.8 Å². The molecule has 158 valence electrons. The van der Waals surface area contributed by atoms with Crippen molar-refractivity contribution in [1.82, 2.24) is 20.2 Å². The number of hydrogen-bond donors (Lipinski definition) is 3. The maximum atomic E-state index is 12.3. The van der Waals surface area contributed by atoms with Gasteiger partial charge in [-0.2, -0.15) is 0 Å². The number of H-pyrrole nitrogens is 1. The minimum absolute atomic E-state index is 0.124. The number of likely N-dealkylation sites (tertiary alicyclic amines) is 1. The van der Waals surface area contributed by atoms with Gasteiger partial charge in [0.25, 0.3) is 5.91 Å². The largest absolute Gasteiger partial charge is 0.497 e. The number of methoxy groups -OCH3 is 1. The van der Waals surface area contributed by atoms with Crippen molar-refractivity contribution in [3.8, 4) is 5.75 Å². The summed E-state index contributed by atoms with van der Waals surface area (Å²) in [7, 11) is 3.35. The fraction of sp³-hybridized carbons (Fsp3) is 0.391. The predicted octanol–water partition coefficient (Wildman–Crippen LogP) is 3.26. The minimum atomic E-state index is -0.124. The highest BCUT2D eigenvalue weighted by atomic mass is 16.5. The van der Waals surface area contributed by atoms with E-state index in [4.69, 9.17) is 4.74 Å². The van der Waals surface area contributed by atoms with Crippen molar-refractivity contribution in [2.75, 3.05) is 39.1 Å². The van der Waals surface area contributed by atoms with Crippen molar-refractivity contribution in [1.29, 1.82) is 0 Å². The van der Waals surface area contributed by atoms with Gasteiger partial charge in [-0.15, -0.1) is 0 Å². The number of aromatic amines is 1. The molecule has 1 aliphatic heterocycles. The summed E-state index contributed by atoms with van der Waals surface area (Å²) in [5.74, 6) is 1.36. The first-order chi connectivity index (χ1) is 14.7. The number of amides is 1. The molecule has 0 aliphatic carbocycles. The lowest BCUT2D eigenvalue weighted by Crippen LogP contribution is -2.35. The van der Waals surface area contributed by atoms with Crippen molar-refractivity contribution >= 4 is 22.6 Å². The van der Waals surface area contributed by atoms with E-state index in [1.54, 1.807) is 20.4 Å². The van der Waals surface area contributed by atoms with Gasteiger partial charge in [0.1, 0.15) is 11.4 Å². The number of ether oxygens (including phenoxy) is 1. The number of benzene rings is 1. The van der Waals surface area contributed by atoms with E-state index in [0.717, 1.165) is 61.5 Å². The molecule has 2 aromatic heterocycles. The molecule has 4 rings (SSSR count). The molecule has 30 heavy (non-hydrogen) atoms. The summed E-state index contributed by atoms with van der Waals surface area (Å²) in [6.45, 7) is 3.94. The van der Waals surface area contributed by atoms with Gasteiger partial charge in [0, 0.05) is 37.9 Å². The Kier molecular flexibility index (Phi) is 6.18. The number of hydrogen-bond acceptors (Lipinski definition) is 5. The quantitative estimate of drug-likeness (QED) is 0.560. The predicted molar refractivity (Wildman–Crippen MR) is 119 cm³/mol. The smallest absolute Gasteiger partial charge is 0.254 e. The first-order valence-corrected chi connectivity index (χ1v) is 10.4. The van der Waals surface area contributed by atoms with Gasteiger partial charge in [0.15, 0.2) is 0 Å². The van der Waals surface area contributed by atoms with E-state index in [-0.39, 0.29) is 5.91 Å². The fourth-order valence-corrected chi connectivity index (χ4v) is 4.13. The van der Waals surface area contributed by atoms with Crippen LogP contribution in [0.2, 0.25) is 0 Å². The molecule has 3 heterocycles. The zero-order chi connectivity index (χ0) is 20.9. The Hall–Kier alpha value is -3.06. The molecular weight excluding hydrogens is 378 g/mol. The molecule has 1 aromatic carbocycles. The molecule has 1 fully saturated rings. The normalized spacial score (nSPS) is 15.3. The number of nitrogens with zero attached hydrogens (tertiary/aromatic N) is 2. The van der Waals surface area contributed by atoms with Crippen LogP contribution in [-0.2, 0) is 6.54 Å². The van der Waals surface area contributed by atoms with Crippen molar-refractivity contribution in [2.24, 2.45) is 5.92 Å². The lowest BCUT2D eigenvalue weighted by Gasteiger charge is -2.32. The first-order valence-electron chi connectivity index (χ1n) is 10.4. The summed E-state index contributed by atoms with van der Waals surface area (Å²) in [5.41, 5.74) is 3.52. The Morgan fingerprint density at radius 3 is 2.90 bits per heavy atom. The number of anilines is 1. The summed E-state index contributed by atoms with van der Waals surface area (Å²) >= 11 is 0. The van der Waals surface area contributed by atoms with Gasteiger partial charge in [0.05, 0.1) is 18.4 Å². The summed E-state index contributed by atoms with van der Waals surface area (Å²) in [4.78, 5) is 22.3. The second-order valence-corrected chi connectivity index (χ2v) is 7.82. The molecule has 7 nitrogen and oxygen atoms in total. The van der Waals surface area contributed by atoms with Gasteiger partial charge >= 0.3 is 0 Å². The highest BCUT2D eigenvalue weighted by Gasteiger charge is 2.21. The van der Waals surface area contributed by atoms with Crippen LogP contribution >= 0.6 is 0 Å². The monoisotopic (exact) mass is 407 g/mol. The van der Waals surface area contributed by atoms with Crippen LogP contribution in [0.3, 0.4) is 0 Å². The number of carbonyl (C=O) groups excluding carboxylic acids is 1. The molecule has 1 aliphatic rings. The number of aromatic nitrogens is 2. The van der Waals surface area contributed by atoms with Gasteiger partial charge in [0.2, 0.25) is 0 Å². The number of piperidine rings is 1. The molecule has 1 saturated heterocycles. The van der Waals surface area contributed by atoms with E-state index < -0.39 is 0 Å². The third kappa shape index (κ3) is 4.41. The molecule has 0 radical (unpaired) electrons. The molecule has 1 amide bonds. The van der Waals surface area contributed by atoms with E-state index in [1.165, 1.54) is 5.56 Å². The van der Waals surface area contributed by atoms with Crippen LogP contribution in [0.25, 0.3) is 11.0 Å². The van der Waals surface area contributed by atoms with E-state index in [0.29, 0.717) is 11.5 Å². The summed E-state index contributed by atoms with van der Waals surface area (Å²) in [5, 5.41) is 7.21. The van der Waals surface area contributed by atoms with Crippen molar-refractivity contribution in [3.05, 3.63) is 53.9 Å². The van der Waals surface area contributed by atoms with Gasteiger partial charge < -0.3 is 20.4 Å². The van der Waals surface area contributed by atoms with Crippen molar-refractivity contribution in [3.63, 3.8) is 0 Å². The first kappa shape index (κ1) is 20.2. The van der Waals surface area contributed by atoms with E-state index in [2.05, 4.69) is 37.6 Å². The molecule has 0 spiro atoms. The van der Waals surface area contributed by atoms with E-state index in [9.17, 15) is 4.79 Å². The highest BCUT2D eigenvalue weighted by Crippen LogP contribution is 2.27. The number of nitrogens with one attached hydrogen (secondary N) is 3. The SMILES string of the molecule is CNC(=O)c1cnc2[nH]ccc2c1NCC1CCN(Cc2cccc(OC)c2)CC1. The summed E-state index contributed by atoms with van der Waals surface area (Å²) in [6, 6.07) is 10.3. The topological polar surface area (TPSA) is 82.3 Å². The molecule has 3 aromatic rings. The Balaban J connectivity index is 1.36. The van der Waals surface area contributed by atoms with Gasteiger partial charge in [-0.3, -0.25) is 9.69 Å². The van der Waals surface area contributed by atoms with Crippen LogP contribution < -0.4 is 15.4 Å². The molecule has 3 N–H and O–H groups in total. The zero-order valence-corrected chi connectivity index (χ0v) is 17.6. The van der Waals surface area contributed by atoms with Crippen molar-refractivity contribution < 1.29 is 9.53 Å². The second kappa shape index (κ2) is 9.17. The molecule has 7 heteroatoms. The average Bonchev–Trinajstić information content (AvgIpc) is 3.27. The van der Waals surface area contributed by atoms with Crippen LogP contribution in [0.15, 0.2) is 42.7 Å². The van der Waals surface area contributed by atoms with Crippen LogP contribution in [0, 0.1) is 5.92 Å². The van der Waals surface area contributed by atoms with Gasteiger partial charge in [-0.25, -0.2) is 4.98 Å². The molecule has 0 bridgehead atoms. The third-order valence-electron chi connectivity index (χ3n) is 5.87. The van der Waals surface area contributed by atoms with Crippen molar-refractivity contribution in [2.45, 2.75) is 19.4 Å². The molecule has 0 saturated carbocycles. The maximum Gasteiger partial charge on any atom is 0.254 e. The zero-order valence-electron chi connectivity index (χ0n) is 17.6. The standard InChI is InChI=1S/C23H29N5O2/c1-24-23(29)20-14-27-22-19(6-9-25-22)21(20)26-13-16-7-10-28(11-8-16)15-17-4-3-5-18(12-17)30-2/h3-6,9,12,14,16H,7-8,10-11,13,15H2,1-2H3,(H,24,29)(H2,25,26,27). The fourth-order valence-electron chi connectivity index (χ4n) is 4.13. The number of rotatable bonds is 7. The summed E-state index contributed by atoms with van der Waals surface area (Å²) < 4.78 is 5.33. The van der Waals surface area contributed by atoms with Crippen LogP contribution in [-0.4, -0.2) is 54.6 Å². The maximum absolute atomic E-state index is 12.3. The number of carbonyl (C=O) groups is 1. The number of fused-ring (bicyclic) bond motifs is 1. The Morgan fingerprint density at radius 1 is 1.30 bits per heavy atom. The molecule has 0 atom stereocenters. The highest BCUT2D eigenvalue weighted by molar-refractivity contribution is 6.06. The third-order valence-corrected chi connectivity index (χ3v) is 5.87. The lowest BCUT2D eigenvalue weighted by molar-refractivity contribution is 0.0963. The van der Waals surface area contributed by atoms with E-state index in [1.807, 2.05) is 24.4 Å². The second-order valence-electron chi connectivity index (χ2n) is 7.82.